The molecular weight excluding hydrogens is 452 g/mol. The lowest BCUT2D eigenvalue weighted by molar-refractivity contribution is -0.119. The van der Waals surface area contributed by atoms with Gasteiger partial charge in [-0.25, -0.2) is 0 Å². The van der Waals surface area contributed by atoms with Gasteiger partial charge in [-0.1, -0.05) is 6.92 Å². The Morgan fingerprint density at radius 3 is 1.40 bits per heavy atom. The maximum atomic E-state index is 10.5. The number of carbonyl (C=O) groups is 4. The summed E-state index contributed by atoms with van der Waals surface area (Å²) in [5, 5.41) is 0. The molecule has 0 aliphatic rings. The summed E-state index contributed by atoms with van der Waals surface area (Å²) in [4.78, 5) is 41.5. The Labute approximate surface area is 214 Å². The quantitative estimate of drug-likeness (QED) is 0.249. The number of methoxy groups -OCH3 is 4. The minimum atomic E-state index is 0.127. The van der Waals surface area contributed by atoms with E-state index in [1.807, 2.05) is 13.8 Å². The fourth-order valence-electron chi connectivity index (χ4n) is 2.33. The Balaban J connectivity index is -0.000000183. The molecule has 0 rings (SSSR count). The molecule has 8 nitrogen and oxygen atoms in total. The van der Waals surface area contributed by atoms with Crippen LogP contribution in [0.2, 0.25) is 0 Å². The van der Waals surface area contributed by atoms with E-state index >= 15 is 0 Å². The van der Waals surface area contributed by atoms with E-state index in [4.69, 9.17) is 18.9 Å². The van der Waals surface area contributed by atoms with Crippen molar-refractivity contribution in [2.75, 3.05) is 41.7 Å². The molecule has 0 saturated carbocycles. The molecule has 210 valence electrons. The minimum absolute atomic E-state index is 0.127. The zero-order chi connectivity index (χ0) is 28.1. The number of hydrogen-bond acceptors (Lipinski definition) is 8. The Morgan fingerprint density at radius 2 is 1.09 bits per heavy atom. The second-order valence-corrected chi connectivity index (χ2v) is 8.41. The third-order valence-corrected chi connectivity index (χ3v) is 4.61. The molecule has 35 heavy (non-hydrogen) atoms. The van der Waals surface area contributed by atoms with Crippen LogP contribution >= 0.6 is 0 Å². The Morgan fingerprint density at radius 1 is 0.629 bits per heavy atom. The summed E-state index contributed by atoms with van der Waals surface area (Å²) in [5.41, 5.74) is 0. The van der Waals surface area contributed by atoms with Crippen LogP contribution in [-0.2, 0) is 38.1 Å². The van der Waals surface area contributed by atoms with E-state index in [2.05, 4.69) is 0 Å². The smallest absolute Gasteiger partial charge is 0.132 e. The summed E-state index contributed by atoms with van der Waals surface area (Å²) < 4.78 is 19.5. The van der Waals surface area contributed by atoms with E-state index in [9.17, 15) is 19.2 Å². The van der Waals surface area contributed by atoms with Crippen molar-refractivity contribution in [2.24, 2.45) is 0 Å². The van der Waals surface area contributed by atoms with Gasteiger partial charge in [0.2, 0.25) is 0 Å². The van der Waals surface area contributed by atoms with Crippen molar-refractivity contribution < 1.29 is 38.1 Å². The number of ether oxygens (including phenoxy) is 4. The predicted octanol–water partition coefficient (Wildman–Crippen LogP) is 5.18. The van der Waals surface area contributed by atoms with Crippen LogP contribution in [0.15, 0.2) is 0 Å². The van der Waals surface area contributed by atoms with Crippen LogP contribution in [0.5, 0.6) is 0 Å². The van der Waals surface area contributed by atoms with Crippen LogP contribution in [0.1, 0.15) is 99.3 Å². The summed E-state index contributed by atoms with van der Waals surface area (Å²) in [7, 11) is 6.61. The van der Waals surface area contributed by atoms with Crippen molar-refractivity contribution in [2.45, 2.75) is 112 Å². The highest BCUT2D eigenvalue weighted by Crippen LogP contribution is 2.01. The molecule has 0 saturated heterocycles. The van der Waals surface area contributed by atoms with Crippen LogP contribution < -0.4 is 0 Å². The van der Waals surface area contributed by atoms with Gasteiger partial charge in [0.1, 0.15) is 23.1 Å². The van der Waals surface area contributed by atoms with E-state index in [-0.39, 0.29) is 35.3 Å². The summed E-state index contributed by atoms with van der Waals surface area (Å²) >= 11 is 0. The van der Waals surface area contributed by atoms with Gasteiger partial charge in [-0.05, 0) is 66.7 Å². The zero-order valence-corrected chi connectivity index (χ0v) is 24.2. The lowest BCUT2D eigenvalue weighted by atomic mass is 10.1. The van der Waals surface area contributed by atoms with E-state index < -0.39 is 0 Å². The lowest BCUT2D eigenvalue weighted by Gasteiger charge is -2.08. The predicted molar refractivity (Wildman–Crippen MR) is 141 cm³/mol. The van der Waals surface area contributed by atoms with Crippen molar-refractivity contribution in [3.63, 3.8) is 0 Å². The van der Waals surface area contributed by atoms with Gasteiger partial charge in [-0.15, -0.1) is 0 Å². The molecule has 0 bridgehead atoms. The standard InChI is InChI=1S/3C7H14O2.C6H12O2/c1-6(8)4-5-7(2)9-3;1-7(8)5-3-4-6-9-2;1-4-7(9-3)5-6(2)8;1-6(7)4-3-5-8-2/h7H,4-5H2,1-3H3;3-6H2,1-2H3;7H,4-5H2,1-3H3;3-5H2,1-2H3. The van der Waals surface area contributed by atoms with Crippen LogP contribution in [0.4, 0.5) is 0 Å². The number of hydrogen-bond donors (Lipinski definition) is 0. The molecule has 2 unspecified atom stereocenters. The second kappa shape index (κ2) is 32.5. The van der Waals surface area contributed by atoms with Crippen LogP contribution in [0.25, 0.3) is 0 Å². The fraction of sp³-hybridized carbons (Fsp3) is 0.852. The van der Waals surface area contributed by atoms with Crippen molar-refractivity contribution in [3.8, 4) is 0 Å². The summed E-state index contributed by atoms with van der Waals surface area (Å²) in [6.07, 6.45) is 7.43. The van der Waals surface area contributed by atoms with Crippen molar-refractivity contribution in [3.05, 3.63) is 0 Å². The monoisotopic (exact) mass is 506 g/mol. The highest BCUT2D eigenvalue weighted by atomic mass is 16.5. The number of carbonyl (C=O) groups excluding carboxylic acids is 4. The maximum absolute atomic E-state index is 10.5. The van der Waals surface area contributed by atoms with Gasteiger partial charge in [-0.2, -0.15) is 0 Å². The van der Waals surface area contributed by atoms with Crippen LogP contribution in [0, 0.1) is 0 Å². The van der Waals surface area contributed by atoms with Gasteiger partial charge in [0, 0.05) is 67.3 Å². The maximum Gasteiger partial charge on any atom is 0.132 e. The van der Waals surface area contributed by atoms with Gasteiger partial charge in [0.05, 0.1) is 12.2 Å². The molecule has 0 aromatic heterocycles. The molecule has 8 heteroatoms. The molecule has 0 spiro atoms. The van der Waals surface area contributed by atoms with Crippen molar-refractivity contribution in [1.29, 1.82) is 0 Å². The summed E-state index contributed by atoms with van der Waals surface area (Å²) in [5.74, 6) is 0.941. The van der Waals surface area contributed by atoms with Crippen molar-refractivity contribution in [1.82, 2.24) is 0 Å². The third-order valence-electron chi connectivity index (χ3n) is 4.61. The normalized spacial score (nSPS) is 11.4. The molecular formula is C27H54O8. The topological polar surface area (TPSA) is 105 Å². The Bertz CT molecular complexity index is 501. The van der Waals surface area contributed by atoms with Gasteiger partial charge >= 0.3 is 0 Å². The Hall–Kier alpha value is -1.48. The van der Waals surface area contributed by atoms with E-state index in [1.165, 1.54) is 0 Å². The first-order valence-corrected chi connectivity index (χ1v) is 12.4. The molecule has 0 heterocycles. The molecule has 0 aliphatic heterocycles. The molecule has 0 amide bonds. The minimum Gasteiger partial charge on any atom is -0.385 e. The molecule has 0 fully saturated rings. The summed E-state index contributed by atoms with van der Waals surface area (Å²) in [6.45, 7) is 11.8. The first-order chi connectivity index (χ1) is 16.4. The lowest BCUT2D eigenvalue weighted by Crippen LogP contribution is -2.12. The van der Waals surface area contributed by atoms with Gasteiger partial charge in [0.15, 0.2) is 0 Å². The summed E-state index contributed by atoms with van der Waals surface area (Å²) in [6, 6.07) is 0. The number of Topliss-reactive ketones (excluding diaryl/α,β-unsaturated/α-hetero) is 4. The number of unbranched alkanes of at least 4 members (excludes halogenated alkanes) is 1. The van der Waals surface area contributed by atoms with Crippen LogP contribution in [-0.4, -0.2) is 77.0 Å². The molecule has 0 aliphatic carbocycles. The van der Waals surface area contributed by atoms with Gasteiger partial charge < -0.3 is 33.3 Å². The largest absolute Gasteiger partial charge is 0.385 e. The van der Waals surface area contributed by atoms with E-state index in [0.29, 0.717) is 32.3 Å². The number of rotatable bonds is 17. The van der Waals surface area contributed by atoms with Gasteiger partial charge in [-0.3, -0.25) is 4.79 Å². The average Bonchev–Trinajstić information content (AvgIpc) is 2.79. The Kier molecular flexibility index (Phi) is 37.8. The average molecular weight is 507 g/mol. The number of ketones is 4. The molecule has 0 N–H and O–H groups in total. The highest BCUT2D eigenvalue weighted by molar-refractivity contribution is 5.76. The van der Waals surface area contributed by atoms with E-state index in [1.54, 1.807) is 56.1 Å². The first kappa shape index (κ1) is 40.7. The highest BCUT2D eigenvalue weighted by Gasteiger charge is 2.05. The molecule has 0 aromatic rings. The first-order valence-electron chi connectivity index (χ1n) is 12.4. The van der Waals surface area contributed by atoms with E-state index in [0.717, 1.165) is 38.7 Å². The van der Waals surface area contributed by atoms with Gasteiger partial charge in [0.25, 0.3) is 0 Å². The van der Waals surface area contributed by atoms with Crippen molar-refractivity contribution >= 4 is 23.1 Å². The molecule has 0 radical (unpaired) electrons. The second-order valence-electron chi connectivity index (χ2n) is 8.41. The third kappa shape index (κ3) is 50.4. The SMILES string of the molecule is CCC(CC(C)=O)OC.COC(C)CCC(C)=O.COCCCC(C)=O.COCCCCC(C)=O. The molecule has 0 aromatic carbocycles. The van der Waals surface area contributed by atoms with Crippen LogP contribution in [0.3, 0.4) is 0 Å². The fourth-order valence-corrected chi connectivity index (χ4v) is 2.33. The zero-order valence-electron chi connectivity index (χ0n) is 24.2. The molecule has 2 atom stereocenters.